The topological polar surface area (TPSA) is 84.2 Å². The second-order valence-electron chi connectivity index (χ2n) is 4.54. The normalized spacial score (nSPS) is 12.0. The highest BCUT2D eigenvalue weighted by Gasteiger charge is 2.22. The zero-order chi connectivity index (χ0) is 15.0. The summed E-state index contributed by atoms with van der Waals surface area (Å²) in [5.74, 6) is 0.426. The summed E-state index contributed by atoms with van der Waals surface area (Å²) in [6, 6.07) is 5.02. The average molecular weight is 304 g/mol. The Labute approximate surface area is 124 Å². The van der Waals surface area contributed by atoms with Gasteiger partial charge in [0.1, 0.15) is 5.75 Å². The van der Waals surface area contributed by atoms with Crippen LogP contribution in [-0.2, 0) is 11.2 Å². The Morgan fingerprint density at radius 1 is 1.43 bits per heavy atom. The van der Waals surface area contributed by atoms with Gasteiger partial charge >= 0.3 is 5.97 Å². The first-order valence-electron chi connectivity index (χ1n) is 6.42. The number of carbonyl (C=O) groups is 1. The van der Waals surface area contributed by atoms with Gasteiger partial charge in [0.05, 0.1) is 17.7 Å². The number of H-pyrrole nitrogens is 2. The van der Waals surface area contributed by atoms with Gasteiger partial charge in [-0.15, -0.1) is 0 Å². The standard InChI is InChI=1S/C14H12N2O4S/c1-2-19-13(18)8-4-3-7-5-9-11(17)15-14(21)16-12(9)20-10(7)6-8/h3-4,6H,2,5H2,1H3,(H2,15,16,17,21). The molecule has 1 aliphatic rings. The third-order valence-electron chi connectivity index (χ3n) is 3.16. The van der Waals surface area contributed by atoms with E-state index in [2.05, 4.69) is 9.97 Å². The maximum absolute atomic E-state index is 11.9. The number of hydrogen-bond donors (Lipinski definition) is 2. The van der Waals surface area contributed by atoms with E-state index in [1.165, 1.54) is 0 Å². The number of aromatic nitrogens is 2. The van der Waals surface area contributed by atoms with Gasteiger partial charge in [-0.2, -0.15) is 0 Å². The Kier molecular flexibility index (Phi) is 3.34. The van der Waals surface area contributed by atoms with Gasteiger partial charge in [-0.3, -0.25) is 9.78 Å². The Morgan fingerprint density at radius 2 is 2.24 bits per heavy atom. The second-order valence-corrected chi connectivity index (χ2v) is 4.95. The lowest BCUT2D eigenvalue weighted by Gasteiger charge is -2.19. The monoisotopic (exact) mass is 304 g/mol. The maximum Gasteiger partial charge on any atom is 0.338 e. The lowest BCUT2D eigenvalue weighted by Crippen LogP contribution is -2.19. The molecule has 0 amide bonds. The van der Waals surface area contributed by atoms with Crippen LogP contribution in [0.5, 0.6) is 11.6 Å². The molecule has 0 radical (unpaired) electrons. The highest BCUT2D eigenvalue weighted by Crippen LogP contribution is 2.33. The van der Waals surface area contributed by atoms with E-state index < -0.39 is 5.97 Å². The molecule has 108 valence electrons. The molecular weight excluding hydrogens is 292 g/mol. The molecule has 0 spiro atoms. The fourth-order valence-corrected chi connectivity index (χ4v) is 2.36. The van der Waals surface area contributed by atoms with E-state index in [9.17, 15) is 9.59 Å². The first-order valence-corrected chi connectivity index (χ1v) is 6.82. The quantitative estimate of drug-likeness (QED) is 0.560. The van der Waals surface area contributed by atoms with Crippen molar-refractivity contribution in [3.63, 3.8) is 0 Å². The smallest absolute Gasteiger partial charge is 0.338 e. The Balaban J connectivity index is 2.02. The Morgan fingerprint density at radius 3 is 3.00 bits per heavy atom. The molecule has 1 aromatic carbocycles. The summed E-state index contributed by atoms with van der Waals surface area (Å²) in [5.41, 5.74) is 1.45. The van der Waals surface area contributed by atoms with E-state index in [1.54, 1.807) is 25.1 Å². The van der Waals surface area contributed by atoms with Crippen LogP contribution < -0.4 is 10.3 Å². The van der Waals surface area contributed by atoms with Crippen LogP contribution in [-0.4, -0.2) is 22.5 Å². The molecule has 0 atom stereocenters. The molecule has 0 bridgehead atoms. The van der Waals surface area contributed by atoms with Crippen LogP contribution in [0.4, 0.5) is 0 Å². The minimum Gasteiger partial charge on any atom is -0.462 e. The highest BCUT2D eigenvalue weighted by molar-refractivity contribution is 7.71. The van der Waals surface area contributed by atoms with Crippen molar-refractivity contribution in [1.29, 1.82) is 0 Å². The minimum atomic E-state index is -0.409. The number of fused-ring (bicyclic) bond motifs is 2. The molecule has 3 rings (SSSR count). The number of hydrogen-bond acceptors (Lipinski definition) is 5. The van der Waals surface area contributed by atoms with Crippen molar-refractivity contribution in [2.24, 2.45) is 0 Å². The summed E-state index contributed by atoms with van der Waals surface area (Å²) in [5, 5.41) is 0. The summed E-state index contributed by atoms with van der Waals surface area (Å²) in [6.07, 6.45) is 0.412. The SMILES string of the molecule is CCOC(=O)c1ccc2c(c1)Oc1[nH]c(=S)[nH]c(=O)c1C2. The molecule has 21 heavy (non-hydrogen) atoms. The second kappa shape index (κ2) is 5.17. The van der Waals surface area contributed by atoms with Crippen molar-refractivity contribution in [3.8, 4) is 11.6 Å². The Hall–Kier alpha value is -2.41. The molecule has 0 saturated carbocycles. The number of benzene rings is 1. The molecule has 6 nitrogen and oxygen atoms in total. The molecule has 2 N–H and O–H groups in total. The van der Waals surface area contributed by atoms with E-state index in [0.29, 0.717) is 35.8 Å². The lowest BCUT2D eigenvalue weighted by molar-refractivity contribution is 0.0526. The maximum atomic E-state index is 11.9. The molecule has 0 fully saturated rings. The van der Waals surface area contributed by atoms with E-state index in [4.69, 9.17) is 21.7 Å². The predicted octanol–water partition coefficient (Wildman–Crippen LogP) is 2.31. The van der Waals surface area contributed by atoms with Crippen LogP contribution in [0.3, 0.4) is 0 Å². The van der Waals surface area contributed by atoms with E-state index >= 15 is 0 Å². The van der Waals surface area contributed by atoms with Gasteiger partial charge in [0, 0.05) is 6.42 Å². The van der Waals surface area contributed by atoms with Crippen LogP contribution >= 0.6 is 12.2 Å². The van der Waals surface area contributed by atoms with Gasteiger partial charge in [-0.25, -0.2) is 4.79 Å². The van der Waals surface area contributed by atoms with Gasteiger partial charge in [0.2, 0.25) is 5.88 Å². The summed E-state index contributed by atoms with van der Waals surface area (Å²) in [6.45, 7) is 2.05. The van der Waals surface area contributed by atoms with Gasteiger partial charge in [0.15, 0.2) is 4.77 Å². The number of rotatable bonds is 2. The van der Waals surface area contributed by atoms with Crippen LogP contribution in [0.2, 0.25) is 0 Å². The first-order chi connectivity index (χ1) is 10.1. The molecule has 7 heteroatoms. The number of nitrogens with one attached hydrogen (secondary N) is 2. The Bertz CT molecular complexity index is 838. The fraction of sp³-hybridized carbons (Fsp3) is 0.214. The molecular formula is C14H12N2O4S. The molecule has 1 aromatic heterocycles. The molecule has 2 aromatic rings. The summed E-state index contributed by atoms with van der Waals surface area (Å²) < 4.78 is 10.8. The predicted molar refractivity (Wildman–Crippen MR) is 77.5 cm³/mol. The molecule has 0 saturated heterocycles. The fourth-order valence-electron chi connectivity index (χ4n) is 2.18. The number of ether oxygens (including phenoxy) is 2. The first kappa shape index (κ1) is 13.6. The number of esters is 1. The average Bonchev–Trinajstić information content (AvgIpc) is 2.45. The largest absolute Gasteiger partial charge is 0.462 e. The van der Waals surface area contributed by atoms with Gasteiger partial charge in [0.25, 0.3) is 5.56 Å². The van der Waals surface area contributed by atoms with E-state index in [0.717, 1.165) is 5.56 Å². The summed E-state index contributed by atoms with van der Waals surface area (Å²) in [4.78, 5) is 28.9. The van der Waals surface area contributed by atoms with Crippen LogP contribution in [0.1, 0.15) is 28.4 Å². The third kappa shape index (κ3) is 2.47. The molecule has 1 aliphatic heterocycles. The number of carbonyl (C=O) groups excluding carboxylic acids is 1. The van der Waals surface area contributed by atoms with Crippen LogP contribution in [0.25, 0.3) is 0 Å². The van der Waals surface area contributed by atoms with Crippen molar-refractivity contribution in [2.45, 2.75) is 13.3 Å². The van der Waals surface area contributed by atoms with Crippen molar-refractivity contribution in [1.82, 2.24) is 9.97 Å². The van der Waals surface area contributed by atoms with Crippen molar-refractivity contribution in [2.75, 3.05) is 6.61 Å². The van der Waals surface area contributed by atoms with Gasteiger partial charge in [-0.05, 0) is 36.8 Å². The van der Waals surface area contributed by atoms with Crippen LogP contribution in [0, 0.1) is 4.77 Å². The zero-order valence-electron chi connectivity index (χ0n) is 11.2. The molecule has 0 aliphatic carbocycles. The third-order valence-corrected chi connectivity index (χ3v) is 3.36. The molecule has 0 unspecified atom stereocenters. The number of aromatic amines is 2. The zero-order valence-corrected chi connectivity index (χ0v) is 12.0. The van der Waals surface area contributed by atoms with Crippen molar-refractivity contribution < 1.29 is 14.3 Å². The van der Waals surface area contributed by atoms with Gasteiger partial charge < -0.3 is 14.5 Å². The minimum absolute atomic E-state index is 0.198. The van der Waals surface area contributed by atoms with Crippen molar-refractivity contribution in [3.05, 3.63) is 50.0 Å². The summed E-state index contributed by atoms with van der Waals surface area (Å²) in [7, 11) is 0. The molecule has 2 heterocycles. The summed E-state index contributed by atoms with van der Waals surface area (Å²) >= 11 is 4.92. The highest BCUT2D eigenvalue weighted by atomic mass is 32.1. The van der Waals surface area contributed by atoms with E-state index in [1.807, 2.05) is 0 Å². The van der Waals surface area contributed by atoms with Gasteiger partial charge in [-0.1, -0.05) is 6.07 Å². The lowest BCUT2D eigenvalue weighted by atomic mass is 10.0. The van der Waals surface area contributed by atoms with Crippen LogP contribution in [0.15, 0.2) is 23.0 Å². The van der Waals surface area contributed by atoms with E-state index in [-0.39, 0.29) is 10.3 Å². The van der Waals surface area contributed by atoms with Crippen molar-refractivity contribution >= 4 is 18.2 Å².